The number of amides is 1. The molecule has 2 aromatic rings. The molecular formula is C23H25N3O4. The molecule has 0 spiro atoms. The zero-order chi connectivity index (χ0) is 20.8. The number of hydrogen-bond acceptors (Lipinski definition) is 5. The van der Waals surface area contributed by atoms with E-state index in [1.54, 1.807) is 0 Å². The van der Waals surface area contributed by atoms with Gasteiger partial charge in [-0.25, -0.2) is 5.43 Å². The number of furan rings is 1. The maximum atomic E-state index is 12.7. The Kier molecular flexibility index (Phi) is 4.49. The number of nitro groups is 1. The van der Waals surface area contributed by atoms with Gasteiger partial charge in [-0.3, -0.25) is 14.9 Å². The third kappa shape index (κ3) is 3.42. The second-order valence-corrected chi connectivity index (χ2v) is 9.51. The highest BCUT2D eigenvalue weighted by atomic mass is 16.6. The van der Waals surface area contributed by atoms with E-state index in [0.29, 0.717) is 18.3 Å². The van der Waals surface area contributed by atoms with Crippen LogP contribution in [0.3, 0.4) is 0 Å². The lowest BCUT2D eigenvalue weighted by atomic mass is 9.42. The Bertz CT molecular complexity index is 983. The Morgan fingerprint density at radius 1 is 1.17 bits per heavy atom. The van der Waals surface area contributed by atoms with Crippen LogP contribution in [0.2, 0.25) is 0 Å². The van der Waals surface area contributed by atoms with E-state index in [1.807, 2.05) is 0 Å². The van der Waals surface area contributed by atoms with E-state index in [0.717, 1.165) is 19.3 Å². The van der Waals surface area contributed by atoms with E-state index >= 15 is 0 Å². The molecule has 7 heteroatoms. The van der Waals surface area contributed by atoms with E-state index in [9.17, 15) is 14.9 Å². The summed E-state index contributed by atoms with van der Waals surface area (Å²) in [6.07, 6.45) is 8.88. The van der Waals surface area contributed by atoms with Gasteiger partial charge in [-0.05, 0) is 72.8 Å². The lowest BCUT2D eigenvalue weighted by Crippen LogP contribution is -2.55. The van der Waals surface area contributed by atoms with Crippen LogP contribution in [0.15, 0.2) is 52.0 Å². The molecule has 4 aliphatic carbocycles. The van der Waals surface area contributed by atoms with Gasteiger partial charge in [0.1, 0.15) is 4.92 Å². The van der Waals surface area contributed by atoms with E-state index in [1.165, 1.54) is 43.2 Å². The Labute approximate surface area is 174 Å². The molecule has 0 aliphatic heterocycles. The molecular weight excluding hydrogens is 382 g/mol. The molecule has 4 bridgehead atoms. The summed E-state index contributed by atoms with van der Waals surface area (Å²) in [6.45, 7) is 0. The number of nitrogens with one attached hydrogen (secondary N) is 1. The molecule has 4 saturated carbocycles. The van der Waals surface area contributed by atoms with Crippen LogP contribution in [0.25, 0.3) is 0 Å². The Morgan fingerprint density at radius 3 is 2.57 bits per heavy atom. The molecule has 0 saturated heterocycles. The summed E-state index contributed by atoms with van der Waals surface area (Å²) >= 11 is 0. The number of benzene rings is 1. The van der Waals surface area contributed by atoms with Gasteiger partial charge in [0, 0.05) is 6.42 Å². The smallest absolute Gasteiger partial charge is 0.400 e. The fraction of sp³-hybridized carbons (Fsp3) is 0.478. The van der Waals surface area contributed by atoms with Crippen molar-refractivity contribution in [1.82, 2.24) is 5.43 Å². The van der Waals surface area contributed by atoms with Gasteiger partial charge in [0.25, 0.3) is 0 Å². The van der Waals surface area contributed by atoms with Crippen LogP contribution in [-0.4, -0.2) is 17.0 Å². The molecule has 1 amide bonds. The van der Waals surface area contributed by atoms with Crippen LogP contribution in [-0.2, 0) is 10.2 Å². The summed E-state index contributed by atoms with van der Waals surface area (Å²) in [6, 6.07) is 13.6. The van der Waals surface area contributed by atoms with Gasteiger partial charge >= 0.3 is 5.88 Å². The number of rotatable bonds is 6. The minimum Gasteiger partial charge on any atom is -0.400 e. The van der Waals surface area contributed by atoms with Gasteiger partial charge < -0.3 is 4.42 Å². The zero-order valence-electron chi connectivity index (χ0n) is 16.8. The fourth-order valence-corrected chi connectivity index (χ4v) is 6.85. The Hall–Kier alpha value is -2.96. The zero-order valence-corrected chi connectivity index (χ0v) is 16.8. The lowest BCUT2D eigenvalue weighted by molar-refractivity contribution is -0.402. The predicted octanol–water partition coefficient (Wildman–Crippen LogP) is 4.57. The normalized spacial score (nSPS) is 31.9. The van der Waals surface area contributed by atoms with Crippen LogP contribution in [0.1, 0.15) is 56.3 Å². The quantitative estimate of drug-likeness (QED) is 0.431. The molecule has 2 atom stereocenters. The van der Waals surface area contributed by atoms with Gasteiger partial charge in [-0.1, -0.05) is 30.3 Å². The van der Waals surface area contributed by atoms with Crippen molar-refractivity contribution < 1.29 is 14.1 Å². The molecule has 30 heavy (non-hydrogen) atoms. The SMILES string of the molecule is O=C(CC12CC3CC(C1)CC(c1ccccc1)(C3)C2)N/N=C/c1ccc([N+](=O)[O-])o1. The summed E-state index contributed by atoms with van der Waals surface area (Å²) in [5.74, 6) is 1.19. The van der Waals surface area contributed by atoms with Gasteiger partial charge in [0.15, 0.2) is 5.76 Å². The van der Waals surface area contributed by atoms with Crippen LogP contribution in [0.4, 0.5) is 5.88 Å². The first-order chi connectivity index (χ1) is 14.5. The van der Waals surface area contributed by atoms with E-state index in [-0.39, 0.29) is 28.4 Å². The summed E-state index contributed by atoms with van der Waals surface area (Å²) < 4.78 is 5.02. The average molecular weight is 407 g/mol. The Morgan fingerprint density at radius 2 is 1.90 bits per heavy atom. The van der Waals surface area contributed by atoms with Gasteiger partial charge in [-0.2, -0.15) is 5.10 Å². The number of nitrogens with zero attached hydrogens (tertiary/aromatic N) is 2. The molecule has 1 N–H and O–H groups in total. The number of carbonyl (C=O) groups excluding carboxylic acids is 1. The third-order valence-electron chi connectivity index (χ3n) is 7.28. The molecule has 156 valence electrons. The van der Waals surface area contributed by atoms with Crippen LogP contribution >= 0.6 is 0 Å². The largest absolute Gasteiger partial charge is 0.433 e. The van der Waals surface area contributed by atoms with E-state index in [2.05, 4.69) is 40.9 Å². The highest BCUT2D eigenvalue weighted by Gasteiger charge is 2.58. The first kappa shape index (κ1) is 19.0. The highest BCUT2D eigenvalue weighted by molar-refractivity contribution is 5.81. The third-order valence-corrected chi connectivity index (χ3v) is 7.28. The minimum atomic E-state index is -0.606. The topological polar surface area (TPSA) is 97.7 Å². The molecule has 2 unspecified atom stereocenters. The van der Waals surface area contributed by atoms with Crippen LogP contribution in [0, 0.1) is 27.4 Å². The standard InChI is InChI=1S/C23H25N3O4/c27-20(25-24-14-19-6-7-21(30-19)26(28)29)13-22-9-16-8-17(10-22)12-23(11-16,15-22)18-4-2-1-3-5-18/h1-7,14,16-17H,8-13,15H2,(H,25,27)/b24-14+. The summed E-state index contributed by atoms with van der Waals surface area (Å²) in [5, 5.41) is 14.6. The van der Waals surface area contributed by atoms with Crippen molar-refractivity contribution in [3.8, 4) is 0 Å². The van der Waals surface area contributed by atoms with Crippen molar-refractivity contribution in [2.45, 2.75) is 50.4 Å². The second-order valence-electron chi connectivity index (χ2n) is 9.51. The molecule has 1 aromatic carbocycles. The number of hydrogen-bond donors (Lipinski definition) is 1. The number of carbonyl (C=O) groups is 1. The van der Waals surface area contributed by atoms with Crippen LogP contribution in [0.5, 0.6) is 0 Å². The maximum Gasteiger partial charge on any atom is 0.433 e. The van der Waals surface area contributed by atoms with Gasteiger partial charge in [0.2, 0.25) is 5.91 Å². The number of hydrazone groups is 1. The minimum absolute atomic E-state index is 0.0446. The van der Waals surface area contributed by atoms with Crippen LogP contribution < -0.4 is 5.43 Å². The summed E-state index contributed by atoms with van der Waals surface area (Å²) in [5.41, 5.74) is 4.28. The Balaban J connectivity index is 1.28. The molecule has 6 rings (SSSR count). The lowest BCUT2D eigenvalue weighted by Gasteiger charge is -2.62. The monoisotopic (exact) mass is 407 g/mol. The van der Waals surface area contributed by atoms with Gasteiger partial charge in [-0.15, -0.1) is 0 Å². The first-order valence-electron chi connectivity index (χ1n) is 10.6. The van der Waals surface area contributed by atoms with E-state index in [4.69, 9.17) is 4.42 Å². The first-order valence-corrected chi connectivity index (χ1v) is 10.6. The predicted molar refractivity (Wildman–Crippen MR) is 111 cm³/mol. The van der Waals surface area contributed by atoms with Crippen molar-refractivity contribution >= 4 is 18.0 Å². The van der Waals surface area contributed by atoms with Crippen molar-refractivity contribution in [2.75, 3.05) is 0 Å². The molecule has 4 fully saturated rings. The van der Waals surface area contributed by atoms with Crippen molar-refractivity contribution in [2.24, 2.45) is 22.4 Å². The average Bonchev–Trinajstić information content (AvgIpc) is 3.16. The van der Waals surface area contributed by atoms with E-state index < -0.39 is 4.92 Å². The molecule has 1 heterocycles. The molecule has 0 radical (unpaired) electrons. The van der Waals surface area contributed by atoms with Crippen molar-refractivity contribution in [1.29, 1.82) is 0 Å². The molecule has 4 aliphatic rings. The van der Waals surface area contributed by atoms with Gasteiger partial charge in [0.05, 0.1) is 12.3 Å². The van der Waals surface area contributed by atoms with Crippen molar-refractivity contribution in [3.63, 3.8) is 0 Å². The summed E-state index contributed by atoms with van der Waals surface area (Å²) in [4.78, 5) is 22.8. The molecule has 7 nitrogen and oxygen atoms in total. The fourth-order valence-electron chi connectivity index (χ4n) is 6.85. The molecule has 1 aromatic heterocycles. The second kappa shape index (κ2) is 7.07. The highest BCUT2D eigenvalue weighted by Crippen LogP contribution is 2.66. The van der Waals surface area contributed by atoms with Crippen molar-refractivity contribution in [3.05, 3.63) is 63.9 Å². The summed E-state index contributed by atoms with van der Waals surface area (Å²) in [7, 11) is 0. The maximum absolute atomic E-state index is 12.7.